The second-order valence-corrected chi connectivity index (χ2v) is 9.16. The first-order valence-corrected chi connectivity index (χ1v) is 12.2. The van der Waals surface area contributed by atoms with Gasteiger partial charge in [0.25, 0.3) is 0 Å². The van der Waals surface area contributed by atoms with E-state index >= 15 is 0 Å². The summed E-state index contributed by atoms with van der Waals surface area (Å²) >= 11 is 0. The number of hydrogen-bond donors (Lipinski definition) is 1. The van der Waals surface area contributed by atoms with E-state index < -0.39 is 5.97 Å². The van der Waals surface area contributed by atoms with Crippen LogP contribution in [0.3, 0.4) is 0 Å². The van der Waals surface area contributed by atoms with Crippen molar-refractivity contribution in [1.29, 1.82) is 0 Å². The summed E-state index contributed by atoms with van der Waals surface area (Å²) in [6, 6.07) is 16.8. The van der Waals surface area contributed by atoms with Crippen LogP contribution >= 0.6 is 0 Å². The highest BCUT2D eigenvalue weighted by molar-refractivity contribution is 5.87. The number of carboxylic acid groups (broad SMARTS) is 1. The van der Waals surface area contributed by atoms with E-state index in [0.717, 1.165) is 65.0 Å². The number of fused-ring (bicyclic) bond motifs is 1. The molecule has 0 unspecified atom stereocenters. The van der Waals surface area contributed by atoms with E-state index in [-0.39, 0.29) is 6.42 Å². The lowest BCUT2D eigenvalue weighted by molar-refractivity contribution is -0.137. The molecule has 0 spiro atoms. The molecule has 2 aromatic carbocycles. The molecule has 0 atom stereocenters. The number of ether oxygens (including phenoxy) is 1. The van der Waals surface area contributed by atoms with Gasteiger partial charge in [0.15, 0.2) is 5.65 Å². The summed E-state index contributed by atoms with van der Waals surface area (Å²) in [5.41, 5.74) is 8.95. The summed E-state index contributed by atoms with van der Waals surface area (Å²) in [6.45, 7) is 5.43. The van der Waals surface area contributed by atoms with Crippen molar-refractivity contribution < 1.29 is 14.6 Å². The highest BCUT2D eigenvalue weighted by Crippen LogP contribution is 2.33. The minimum absolute atomic E-state index is 0.234. The van der Waals surface area contributed by atoms with Gasteiger partial charge in [-0.25, -0.2) is 9.97 Å². The minimum Gasteiger partial charge on any atom is -0.481 e. The molecule has 182 valence electrons. The van der Waals surface area contributed by atoms with Gasteiger partial charge in [-0.2, -0.15) is 0 Å². The molecule has 0 aliphatic rings. The van der Waals surface area contributed by atoms with Crippen molar-refractivity contribution in [3.05, 3.63) is 71.4 Å². The molecule has 0 bridgehead atoms. The Kier molecular flexibility index (Phi) is 7.93. The summed E-state index contributed by atoms with van der Waals surface area (Å²) in [4.78, 5) is 21.1. The molecule has 1 N–H and O–H groups in total. The van der Waals surface area contributed by atoms with Crippen LogP contribution in [0.25, 0.3) is 33.7 Å². The maximum absolute atomic E-state index is 10.7. The summed E-state index contributed by atoms with van der Waals surface area (Å²) in [5.74, 6) is -0.728. The number of nitrogens with zero attached hydrogens (tertiary/aromatic N) is 3. The molecule has 0 amide bonds. The number of aliphatic carboxylic acids is 1. The first kappa shape index (κ1) is 24.6. The van der Waals surface area contributed by atoms with Gasteiger partial charge in [0.2, 0.25) is 0 Å². The van der Waals surface area contributed by atoms with E-state index in [9.17, 15) is 4.79 Å². The second kappa shape index (κ2) is 11.3. The van der Waals surface area contributed by atoms with Gasteiger partial charge < -0.3 is 14.4 Å². The lowest BCUT2D eigenvalue weighted by atomic mass is 10.0. The number of aromatic nitrogens is 3. The maximum Gasteiger partial charge on any atom is 0.303 e. The molecule has 4 rings (SSSR count). The largest absolute Gasteiger partial charge is 0.481 e. The van der Waals surface area contributed by atoms with Gasteiger partial charge in [-0.3, -0.25) is 4.79 Å². The van der Waals surface area contributed by atoms with E-state index in [2.05, 4.69) is 73.1 Å². The highest BCUT2D eigenvalue weighted by Gasteiger charge is 2.18. The van der Waals surface area contributed by atoms with Crippen molar-refractivity contribution in [2.24, 2.45) is 0 Å². The van der Waals surface area contributed by atoms with Crippen LogP contribution < -0.4 is 0 Å². The topological polar surface area (TPSA) is 77.2 Å². The van der Waals surface area contributed by atoms with Crippen LogP contribution in [-0.4, -0.2) is 32.7 Å². The van der Waals surface area contributed by atoms with Crippen LogP contribution in [-0.2, 0) is 22.7 Å². The molecular formula is C29H33N3O3. The Hall–Kier alpha value is -3.51. The Bertz CT molecular complexity index is 1290. The van der Waals surface area contributed by atoms with Crippen molar-refractivity contribution in [3.8, 4) is 22.5 Å². The van der Waals surface area contributed by atoms with Crippen molar-refractivity contribution in [1.82, 2.24) is 14.5 Å². The van der Waals surface area contributed by atoms with Crippen LogP contribution in [0.1, 0.15) is 48.8 Å². The van der Waals surface area contributed by atoms with Gasteiger partial charge in [-0.05, 0) is 26.7 Å². The monoisotopic (exact) mass is 471 g/mol. The zero-order valence-electron chi connectivity index (χ0n) is 20.8. The third kappa shape index (κ3) is 5.95. The number of methoxy groups -OCH3 is 1. The molecule has 0 aliphatic heterocycles. The Morgan fingerprint density at radius 2 is 1.43 bits per heavy atom. The molecule has 2 aromatic heterocycles. The number of hydrogen-bond acceptors (Lipinski definition) is 4. The van der Waals surface area contributed by atoms with Crippen LogP contribution in [0, 0.1) is 13.8 Å². The number of carbonyl (C=O) groups is 1. The molecule has 0 fully saturated rings. The van der Waals surface area contributed by atoms with Crippen molar-refractivity contribution in [2.45, 2.75) is 59.1 Å². The molecule has 6 heteroatoms. The number of rotatable bonds is 11. The maximum atomic E-state index is 10.7. The quantitative estimate of drug-likeness (QED) is 0.251. The van der Waals surface area contributed by atoms with E-state index in [4.69, 9.17) is 19.8 Å². The lowest BCUT2D eigenvalue weighted by Crippen LogP contribution is -2.01. The standard InChI is InChI=1S/C29H33N3O3/c1-20-9-13-22(14-10-20)26-27(23-15-11-21(2)12-16-23)31-29-28(30-26)24(19-35-3)18-32(29)17-7-5-4-6-8-25(33)34/h9-16,18H,4-8,17,19H2,1-3H3,(H,33,34). The van der Waals surface area contributed by atoms with Crippen LogP contribution in [0.4, 0.5) is 0 Å². The fraction of sp³-hybridized carbons (Fsp3) is 0.345. The lowest BCUT2D eigenvalue weighted by Gasteiger charge is -2.12. The SMILES string of the molecule is COCc1cn(CCCCCCC(=O)O)c2nc(-c3ccc(C)cc3)c(-c3ccc(C)cc3)nc12. The van der Waals surface area contributed by atoms with Crippen molar-refractivity contribution in [3.63, 3.8) is 0 Å². The summed E-state index contributed by atoms with van der Waals surface area (Å²) < 4.78 is 7.65. The van der Waals surface area contributed by atoms with Crippen LogP contribution in [0.5, 0.6) is 0 Å². The predicted molar refractivity (Wildman–Crippen MR) is 139 cm³/mol. The van der Waals surface area contributed by atoms with Gasteiger partial charge in [-0.15, -0.1) is 0 Å². The van der Waals surface area contributed by atoms with E-state index in [1.165, 1.54) is 11.1 Å². The summed E-state index contributed by atoms with van der Waals surface area (Å²) in [6.07, 6.45) is 5.90. The van der Waals surface area contributed by atoms with E-state index in [0.29, 0.717) is 13.0 Å². The van der Waals surface area contributed by atoms with Gasteiger partial charge >= 0.3 is 5.97 Å². The zero-order valence-corrected chi connectivity index (χ0v) is 20.8. The molecule has 6 nitrogen and oxygen atoms in total. The van der Waals surface area contributed by atoms with Crippen LogP contribution in [0.15, 0.2) is 54.7 Å². The third-order valence-corrected chi connectivity index (χ3v) is 6.25. The molecule has 2 heterocycles. The fourth-order valence-corrected chi connectivity index (χ4v) is 4.32. The molecule has 4 aromatic rings. The normalized spacial score (nSPS) is 11.3. The number of aryl methyl sites for hydroxylation is 3. The van der Waals surface area contributed by atoms with E-state index in [1.807, 2.05) is 0 Å². The smallest absolute Gasteiger partial charge is 0.303 e. The minimum atomic E-state index is -0.728. The molecule has 0 saturated carbocycles. The van der Waals surface area contributed by atoms with Gasteiger partial charge in [-0.1, -0.05) is 72.5 Å². The molecule has 0 saturated heterocycles. The average Bonchev–Trinajstić information content (AvgIpc) is 3.18. The second-order valence-electron chi connectivity index (χ2n) is 9.16. The average molecular weight is 472 g/mol. The Balaban J connectivity index is 1.75. The van der Waals surface area contributed by atoms with Crippen LogP contribution in [0.2, 0.25) is 0 Å². The molecule has 0 aliphatic carbocycles. The first-order valence-electron chi connectivity index (χ1n) is 12.2. The van der Waals surface area contributed by atoms with E-state index in [1.54, 1.807) is 7.11 Å². The Morgan fingerprint density at radius 1 is 0.857 bits per heavy atom. The number of carboxylic acids is 1. The first-order chi connectivity index (χ1) is 17.0. The third-order valence-electron chi connectivity index (χ3n) is 6.25. The van der Waals surface area contributed by atoms with Gasteiger partial charge in [0.05, 0.1) is 18.0 Å². The van der Waals surface area contributed by atoms with Crippen molar-refractivity contribution in [2.75, 3.05) is 7.11 Å². The highest BCUT2D eigenvalue weighted by atomic mass is 16.5. The predicted octanol–water partition coefficient (Wildman–Crippen LogP) is 6.56. The molecular weight excluding hydrogens is 438 g/mol. The molecule has 35 heavy (non-hydrogen) atoms. The number of benzene rings is 2. The van der Waals surface area contributed by atoms with Gasteiger partial charge in [0.1, 0.15) is 5.52 Å². The summed E-state index contributed by atoms with van der Waals surface area (Å²) in [5, 5.41) is 8.84. The summed E-state index contributed by atoms with van der Waals surface area (Å²) in [7, 11) is 1.70. The van der Waals surface area contributed by atoms with Crippen molar-refractivity contribution >= 4 is 17.1 Å². The zero-order chi connectivity index (χ0) is 24.8. The fourth-order valence-electron chi connectivity index (χ4n) is 4.32. The van der Waals surface area contributed by atoms with Gasteiger partial charge in [0, 0.05) is 43.0 Å². The Morgan fingerprint density at radius 3 is 2.00 bits per heavy atom. The number of unbranched alkanes of at least 4 members (excludes halogenated alkanes) is 3. The Labute approximate surface area is 206 Å². The molecule has 0 radical (unpaired) electrons.